The molecule has 0 aromatic rings. The second-order valence-electron chi connectivity index (χ2n) is 6.51. The first-order chi connectivity index (χ1) is 9.36. The molecule has 2 saturated heterocycles. The molecule has 0 aromatic heterocycles. The van der Waals surface area contributed by atoms with Crippen molar-refractivity contribution < 1.29 is 9.47 Å². The van der Waals surface area contributed by atoms with Crippen LogP contribution >= 0.6 is 0 Å². The van der Waals surface area contributed by atoms with E-state index >= 15 is 0 Å². The van der Waals surface area contributed by atoms with Gasteiger partial charge in [0.2, 0.25) is 0 Å². The molecule has 4 nitrogen and oxygen atoms in total. The van der Waals surface area contributed by atoms with Crippen LogP contribution in [0.5, 0.6) is 0 Å². The van der Waals surface area contributed by atoms with Gasteiger partial charge in [0.25, 0.3) is 0 Å². The largest absolute Gasteiger partial charge is 0.381 e. The van der Waals surface area contributed by atoms with Crippen LogP contribution in [-0.2, 0) is 9.47 Å². The third-order valence-corrected chi connectivity index (χ3v) is 4.77. The molecule has 0 radical (unpaired) electrons. The van der Waals surface area contributed by atoms with E-state index in [9.17, 15) is 0 Å². The Labute approximate surface area is 116 Å². The zero-order valence-corrected chi connectivity index (χ0v) is 12.0. The Morgan fingerprint density at radius 3 is 2.58 bits per heavy atom. The van der Waals surface area contributed by atoms with E-state index in [2.05, 4.69) is 10.2 Å². The lowest BCUT2D eigenvalue weighted by atomic mass is 9.79. The molecule has 2 aliphatic heterocycles. The lowest BCUT2D eigenvalue weighted by Gasteiger charge is -2.41. The highest BCUT2D eigenvalue weighted by Gasteiger charge is 2.36. The van der Waals surface area contributed by atoms with Crippen LogP contribution in [0.4, 0.5) is 0 Å². The summed E-state index contributed by atoms with van der Waals surface area (Å²) in [5, 5.41) is 3.76. The summed E-state index contributed by atoms with van der Waals surface area (Å²) in [6.45, 7) is 8.43. The van der Waals surface area contributed by atoms with Crippen molar-refractivity contribution in [3.63, 3.8) is 0 Å². The fourth-order valence-corrected chi connectivity index (χ4v) is 3.27. The zero-order valence-electron chi connectivity index (χ0n) is 12.0. The van der Waals surface area contributed by atoms with Gasteiger partial charge in [0.05, 0.1) is 6.61 Å². The zero-order chi connectivity index (χ0) is 13.0. The average molecular weight is 268 g/mol. The Morgan fingerprint density at radius 1 is 1.00 bits per heavy atom. The van der Waals surface area contributed by atoms with Crippen LogP contribution in [0.2, 0.25) is 0 Å². The molecule has 3 aliphatic rings. The van der Waals surface area contributed by atoms with Gasteiger partial charge in [-0.05, 0) is 37.5 Å². The van der Waals surface area contributed by atoms with E-state index in [1.807, 2.05) is 0 Å². The van der Waals surface area contributed by atoms with Crippen molar-refractivity contribution in [1.29, 1.82) is 0 Å². The van der Waals surface area contributed by atoms with Gasteiger partial charge in [-0.25, -0.2) is 0 Å². The third-order valence-electron chi connectivity index (χ3n) is 4.77. The van der Waals surface area contributed by atoms with Gasteiger partial charge in [0, 0.05) is 52.0 Å². The van der Waals surface area contributed by atoms with Crippen LogP contribution < -0.4 is 5.32 Å². The van der Waals surface area contributed by atoms with Crippen molar-refractivity contribution in [2.24, 2.45) is 5.41 Å². The minimum atomic E-state index is 0.436. The summed E-state index contributed by atoms with van der Waals surface area (Å²) in [5.74, 6) is 0. The SMILES string of the molecule is C1COCCN(CC2(CNC3CC3)CCOCC2)C1. The first-order valence-corrected chi connectivity index (χ1v) is 7.98. The van der Waals surface area contributed by atoms with Crippen LogP contribution in [0, 0.1) is 5.41 Å². The normalized spacial score (nSPS) is 29.1. The Balaban J connectivity index is 1.56. The average Bonchev–Trinajstić information content (AvgIpc) is 3.26. The molecule has 1 aliphatic carbocycles. The summed E-state index contributed by atoms with van der Waals surface area (Å²) >= 11 is 0. The highest BCUT2D eigenvalue weighted by molar-refractivity contribution is 4.91. The van der Waals surface area contributed by atoms with Crippen molar-refractivity contribution in [3.8, 4) is 0 Å². The maximum Gasteiger partial charge on any atom is 0.0593 e. The molecule has 0 aromatic carbocycles. The highest BCUT2D eigenvalue weighted by Crippen LogP contribution is 2.32. The molecule has 1 N–H and O–H groups in total. The van der Waals surface area contributed by atoms with E-state index in [1.54, 1.807) is 0 Å². The topological polar surface area (TPSA) is 33.7 Å². The van der Waals surface area contributed by atoms with Gasteiger partial charge in [-0.3, -0.25) is 0 Å². The van der Waals surface area contributed by atoms with Crippen LogP contribution in [0.1, 0.15) is 32.1 Å². The third kappa shape index (κ3) is 4.15. The number of nitrogens with zero attached hydrogens (tertiary/aromatic N) is 1. The van der Waals surface area contributed by atoms with Crippen molar-refractivity contribution in [2.75, 3.05) is 52.6 Å². The Morgan fingerprint density at radius 2 is 1.79 bits per heavy atom. The molecular weight excluding hydrogens is 240 g/mol. The molecule has 0 unspecified atom stereocenters. The standard InChI is InChI=1S/C15H28N2O2/c1-6-17(7-11-18-8-1)13-15(4-9-19-10-5-15)12-16-14-2-3-14/h14,16H,1-13H2. The van der Waals surface area contributed by atoms with Gasteiger partial charge in [0.15, 0.2) is 0 Å². The van der Waals surface area contributed by atoms with Gasteiger partial charge in [-0.15, -0.1) is 0 Å². The molecule has 3 fully saturated rings. The number of rotatable bonds is 5. The van der Waals surface area contributed by atoms with Crippen LogP contribution in [-0.4, -0.2) is 63.5 Å². The van der Waals surface area contributed by atoms with Gasteiger partial charge >= 0.3 is 0 Å². The molecule has 3 rings (SSSR count). The van der Waals surface area contributed by atoms with Gasteiger partial charge in [-0.1, -0.05) is 0 Å². The summed E-state index contributed by atoms with van der Waals surface area (Å²) in [6, 6.07) is 0.812. The Hall–Kier alpha value is -0.160. The summed E-state index contributed by atoms with van der Waals surface area (Å²) in [6.07, 6.45) is 6.37. The maximum absolute atomic E-state index is 5.59. The summed E-state index contributed by atoms with van der Waals surface area (Å²) < 4.78 is 11.2. The fourth-order valence-electron chi connectivity index (χ4n) is 3.27. The summed E-state index contributed by atoms with van der Waals surface area (Å²) in [5.41, 5.74) is 0.436. The second-order valence-corrected chi connectivity index (χ2v) is 6.51. The van der Waals surface area contributed by atoms with Gasteiger partial charge in [0.1, 0.15) is 0 Å². The van der Waals surface area contributed by atoms with E-state index < -0.39 is 0 Å². The number of hydrogen-bond donors (Lipinski definition) is 1. The van der Waals surface area contributed by atoms with Crippen LogP contribution in [0.15, 0.2) is 0 Å². The van der Waals surface area contributed by atoms with Crippen LogP contribution in [0.25, 0.3) is 0 Å². The van der Waals surface area contributed by atoms with Crippen molar-refractivity contribution >= 4 is 0 Å². The lowest BCUT2D eigenvalue weighted by Crippen LogP contribution is -2.48. The van der Waals surface area contributed by atoms with Crippen molar-refractivity contribution in [2.45, 2.75) is 38.1 Å². The first-order valence-electron chi connectivity index (χ1n) is 7.98. The molecule has 0 bridgehead atoms. The summed E-state index contributed by atoms with van der Waals surface area (Å²) in [4.78, 5) is 2.62. The monoisotopic (exact) mass is 268 g/mol. The van der Waals surface area contributed by atoms with E-state index in [0.29, 0.717) is 5.41 Å². The van der Waals surface area contributed by atoms with Gasteiger partial charge < -0.3 is 19.7 Å². The number of nitrogens with one attached hydrogen (secondary N) is 1. The number of ether oxygens (including phenoxy) is 2. The predicted octanol–water partition coefficient (Wildman–Crippen LogP) is 1.26. The first kappa shape index (κ1) is 13.8. The lowest BCUT2D eigenvalue weighted by molar-refractivity contribution is -0.00479. The molecule has 0 atom stereocenters. The predicted molar refractivity (Wildman–Crippen MR) is 75.4 cm³/mol. The molecule has 19 heavy (non-hydrogen) atoms. The molecular formula is C15H28N2O2. The van der Waals surface area contributed by atoms with Gasteiger partial charge in [-0.2, -0.15) is 0 Å². The van der Waals surface area contributed by atoms with E-state index in [-0.39, 0.29) is 0 Å². The Kier molecular flexibility index (Phi) is 4.74. The molecule has 0 amide bonds. The molecule has 4 heteroatoms. The van der Waals surface area contributed by atoms with E-state index in [1.165, 1.54) is 51.7 Å². The van der Waals surface area contributed by atoms with Crippen molar-refractivity contribution in [3.05, 3.63) is 0 Å². The molecule has 0 spiro atoms. The van der Waals surface area contributed by atoms with Crippen molar-refractivity contribution in [1.82, 2.24) is 10.2 Å². The van der Waals surface area contributed by atoms with Crippen LogP contribution in [0.3, 0.4) is 0 Å². The second kappa shape index (κ2) is 6.53. The smallest absolute Gasteiger partial charge is 0.0593 e. The molecule has 1 saturated carbocycles. The minimum absolute atomic E-state index is 0.436. The number of hydrogen-bond acceptors (Lipinski definition) is 4. The fraction of sp³-hybridized carbons (Fsp3) is 1.00. The molecule has 110 valence electrons. The van der Waals surface area contributed by atoms with E-state index in [0.717, 1.165) is 39.0 Å². The minimum Gasteiger partial charge on any atom is -0.381 e. The molecule has 2 heterocycles. The highest BCUT2D eigenvalue weighted by atomic mass is 16.5. The maximum atomic E-state index is 5.59. The Bertz CT molecular complexity index is 267. The van der Waals surface area contributed by atoms with E-state index in [4.69, 9.17) is 9.47 Å². The quantitative estimate of drug-likeness (QED) is 0.814. The summed E-state index contributed by atoms with van der Waals surface area (Å²) in [7, 11) is 0.